The minimum atomic E-state index is -0.285. The Bertz CT molecular complexity index is 235. The van der Waals surface area contributed by atoms with Crippen LogP contribution in [0.5, 0.6) is 0 Å². The third-order valence-electron chi connectivity index (χ3n) is 3.33. The summed E-state index contributed by atoms with van der Waals surface area (Å²) in [6.45, 7) is 2.14. The van der Waals surface area contributed by atoms with Crippen molar-refractivity contribution in [3.8, 4) is 0 Å². The molecule has 0 spiro atoms. The molecule has 1 saturated carbocycles. The lowest BCUT2D eigenvalue weighted by Crippen LogP contribution is -2.25. The van der Waals surface area contributed by atoms with Gasteiger partial charge in [-0.1, -0.05) is 26.2 Å². The summed E-state index contributed by atoms with van der Waals surface area (Å²) in [6, 6.07) is 0. The summed E-state index contributed by atoms with van der Waals surface area (Å²) < 4.78 is 4.52. The quantitative estimate of drug-likeness (QED) is 0.672. The number of carbonyl (C=O) groups excluding carboxylic acids is 2. The fraction of sp³-hybridized carbons (Fsp3) is 0.833. The van der Waals surface area contributed by atoms with Gasteiger partial charge in [0.15, 0.2) is 0 Å². The van der Waals surface area contributed by atoms with Crippen molar-refractivity contribution in [2.45, 2.75) is 45.4 Å². The molecule has 2 atom stereocenters. The van der Waals surface area contributed by atoms with E-state index in [0.29, 0.717) is 12.3 Å². The molecule has 3 heteroatoms. The van der Waals surface area contributed by atoms with Gasteiger partial charge in [-0.2, -0.15) is 0 Å². The predicted octanol–water partition coefficient (Wildman–Crippen LogP) is 2.33. The fourth-order valence-electron chi connectivity index (χ4n) is 2.31. The van der Waals surface area contributed by atoms with Crippen molar-refractivity contribution in [3.05, 3.63) is 0 Å². The highest BCUT2D eigenvalue weighted by Crippen LogP contribution is 2.31. The van der Waals surface area contributed by atoms with E-state index in [1.807, 2.05) is 0 Å². The number of hydrogen-bond donors (Lipinski definition) is 0. The number of hydrogen-bond acceptors (Lipinski definition) is 3. The van der Waals surface area contributed by atoms with E-state index in [0.717, 1.165) is 19.3 Å². The third-order valence-corrected chi connectivity index (χ3v) is 3.33. The van der Waals surface area contributed by atoms with E-state index in [2.05, 4.69) is 11.7 Å². The molecule has 1 rings (SSSR count). The summed E-state index contributed by atoms with van der Waals surface area (Å²) in [5, 5.41) is 0. The zero-order chi connectivity index (χ0) is 11.3. The van der Waals surface area contributed by atoms with Crippen LogP contribution in [0, 0.1) is 11.8 Å². The molecule has 15 heavy (non-hydrogen) atoms. The molecule has 0 aliphatic heterocycles. The standard InChI is InChI=1S/C12H20O3/c1-9-5-3-4-6-10(9)11(13)7-8-12(14)15-2/h9-10H,3-8H2,1-2H3. The Morgan fingerprint density at radius 1 is 1.20 bits per heavy atom. The summed E-state index contributed by atoms with van der Waals surface area (Å²) >= 11 is 0. The molecule has 0 aromatic heterocycles. The van der Waals surface area contributed by atoms with E-state index >= 15 is 0 Å². The zero-order valence-electron chi connectivity index (χ0n) is 9.62. The second-order valence-corrected chi connectivity index (χ2v) is 4.41. The van der Waals surface area contributed by atoms with Gasteiger partial charge in [-0.25, -0.2) is 0 Å². The van der Waals surface area contributed by atoms with Gasteiger partial charge >= 0.3 is 5.97 Å². The maximum Gasteiger partial charge on any atom is 0.305 e. The Hall–Kier alpha value is -0.860. The second kappa shape index (κ2) is 5.89. The van der Waals surface area contributed by atoms with Gasteiger partial charge in [-0.15, -0.1) is 0 Å². The van der Waals surface area contributed by atoms with Crippen LogP contribution in [-0.4, -0.2) is 18.9 Å². The second-order valence-electron chi connectivity index (χ2n) is 4.41. The molecule has 1 aliphatic carbocycles. The van der Waals surface area contributed by atoms with E-state index in [9.17, 15) is 9.59 Å². The van der Waals surface area contributed by atoms with E-state index in [-0.39, 0.29) is 24.1 Å². The van der Waals surface area contributed by atoms with Crippen LogP contribution in [0.15, 0.2) is 0 Å². The molecule has 0 aromatic rings. The van der Waals surface area contributed by atoms with Gasteiger partial charge in [0.25, 0.3) is 0 Å². The summed E-state index contributed by atoms with van der Waals surface area (Å²) in [7, 11) is 1.36. The number of ketones is 1. The van der Waals surface area contributed by atoms with Crippen molar-refractivity contribution in [1.82, 2.24) is 0 Å². The molecule has 0 N–H and O–H groups in total. The number of Topliss-reactive ketones (excluding diaryl/α,β-unsaturated/α-hetero) is 1. The Kier molecular flexibility index (Phi) is 4.79. The zero-order valence-corrected chi connectivity index (χ0v) is 9.62. The Morgan fingerprint density at radius 2 is 1.87 bits per heavy atom. The molecule has 3 nitrogen and oxygen atoms in total. The van der Waals surface area contributed by atoms with Crippen LogP contribution in [0.4, 0.5) is 0 Å². The van der Waals surface area contributed by atoms with E-state index in [1.54, 1.807) is 0 Å². The van der Waals surface area contributed by atoms with Crippen LogP contribution >= 0.6 is 0 Å². The van der Waals surface area contributed by atoms with Gasteiger partial charge in [0.1, 0.15) is 5.78 Å². The molecule has 0 saturated heterocycles. The predicted molar refractivity (Wildman–Crippen MR) is 57.4 cm³/mol. The van der Waals surface area contributed by atoms with E-state index < -0.39 is 0 Å². The number of rotatable bonds is 4. The lowest BCUT2D eigenvalue weighted by molar-refractivity contribution is -0.142. The van der Waals surface area contributed by atoms with Crippen LogP contribution in [0.25, 0.3) is 0 Å². The fourth-order valence-corrected chi connectivity index (χ4v) is 2.31. The van der Waals surface area contributed by atoms with Gasteiger partial charge in [0.05, 0.1) is 13.5 Å². The van der Waals surface area contributed by atoms with Gasteiger partial charge in [-0.3, -0.25) is 9.59 Å². The molecular formula is C12H20O3. The van der Waals surface area contributed by atoms with Crippen LogP contribution in [-0.2, 0) is 14.3 Å². The SMILES string of the molecule is COC(=O)CCC(=O)C1CCCCC1C. The lowest BCUT2D eigenvalue weighted by Gasteiger charge is -2.27. The van der Waals surface area contributed by atoms with E-state index in [1.165, 1.54) is 13.5 Å². The Labute approximate surface area is 91.2 Å². The molecule has 86 valence electrons. The maximum atomic E-state index is 11.8. The molecule has 1 fully saturated rings. The average Bonchev–Trinajstić information content (AvgIpc) is 2.26. The van der Waals surface area contributed by atoms with Crippen LogP contribution in [0.1, 0.15) is 45.4 Å². The van der Waals surface area contributed by atoms with Gasteiger partial charge in [0.2, 0.25) is 0 Å². The molecule has 0 bridgehead atoms. The molecule has 2 unspecified atom stereocenters. The van der Waals surface area contributed by atoms with Crippen molar-refractivity contribution < 1.29 is 14.3 Å². The summed E-state index contributed by atoms with van der Waals surface area (Å²) in [5.41, 5.74) is 0. The van der Waals surface area contributed by atoms with Gasteiger partial charge < -0.3 is 4.74 Å². The highest BCUT2D eigenvalue weighted by Gasteiger charge is 2.27. The van der Waals surface area contributed by atoms with Gasteiger partial charge in [-0.05, 0) is 12.3 Å². The lowest BCUT2D eigenvalue weighted by atomic mass is 9.77. The van der Waals surface area contributed by atoms with Crippen molar-refractivity contribution >= 4 is 11.8 Å². The largest absolute Gasteiger partial charge is 0.469 e. The molecule has 1 aliphatic rings. The van der Waals surface area contributed by atoms with Crippen molar-refractivity contribution in [2.24, 2.45) is 11.8 Å². The van der Waals surface area contributed by atoms with Crippen molar-refractivity contribution in [3.63, 3.8) is 0 Å². The molecule has 0 aromatic carbocycles. The first kappa shape index (κ1) is 12.2. The first-order chi connectivity index (χ1) is 7.15. The van der Waals surface area contributed by atoms with Gasteiger partial charge in [0, 0.05) is 12.3 Å². The number of carbonyl (C=O) groups is 2. The average molecular weight is 212 g/mol. The Balaban J connectivity index is 2.35. The maximum absolute atomic E-state index is 11.8. The van der Waals surface area contributed by atoms with Crippen LogP contribution in [0.3, 0.4) is 0 Å². The highest BCUT2D eigenvalue weighted by atomic mass is 16.5. The normalized spacial score (nSPS) is 26.0. The smallest absolute Gasteiger partial charge is 0.305 e. The number of methoxy groups -OCH3 is 1. The number of esters is 1. The third kappa shape index (κ3) is 3.65. The minimum Gasteiger partial charge on any atom is -0.469 e. The molecule has 0 radical (unpaired) electrons. The molecule has 0 heterocycles. The molecule has 0 amide bonds. The summed E-state index contributed by atoms with van der Waals surface area (Å²) in [4.78, 5) is 22.7. The molecular weight excluding hydrogens is 192 g/mol. The first-order valence-electron chi connectivity index (χ1n) is 5.74. The van der Waals surface area contributed by atoms with E-state index in [4.69, 9.17) is 0 Å². The van der Waals surface area contributed by atoms with Crippen molar-refractivity contribution in [2.75, 3.05) is 7.11 Å². The van der Waals surface area contributed by atoms with Crippen LogP contribution in [0.2, 0.25) is 0 Å². The van der Waals surface area contributed by atoms with Crippen LogP contribution < -0.4 is 0 Å². The summed E-state index contributed by atoms with van der Waals surface area (Å²) in [6.07, 6.45) is 5.12. The minimum absolute atomic E-state index is 0.184. The monoisotopic (exact) mass is 212 g/mol. The Morgan fingerprint density at radius 3 is 2.47 bits per heavy atom. The summed E-state index contributed by atoms with van der Waals surface area (Å²) in [5.74, 6) is 0.631. The van der Waals surface area contributed by atoms with Crippen molar-refractivity contribution in [1.29, 1.82) is 0 Å². The topological polar surface area (TPSA) is 43.4 Å². The number of ether oxygens (including phenoxy) is 1. The first-order valence-corrected chi connectivity index (χ1v) is 5.74. The highest BCUT2D eigenvalue weighted by molar-refractivity contribution is 5.85.